The lowest BCUT2D eigenvalue weighted by Crippen LogP contribution is -1.95. The first-order valence-electron chi connectivity index (χ1n) is 8.27. The second-order valence-corrected chi connectivity index (χ2v) is 6.96. The maximum Gasteiger partial charge on any atom is 0.231 e. The molecule has 6 heteroatoms. The van der Waals surface area contributed by atoms with E-state index in [-0.39, 0.29) is 6.79 Å². The van der Waals surface area contributed by atoms with Gasteiger partial charge in [0.15, 0.2) is 16.7 Å². The standard InChI is InChI=1S/C20H18N2O3S/c1-13-3-5-15(6-4-13)11-26-20-21-14(2)9-19(22-20)25-16-7-8-17-18(10-16)24-12-23-17/h3-10H,11-12H2,1-2H3. The second-order valence-electron chi connectivity index (χ2n) is 6.02. The SMILES string of the molecule is Cc1ccc(CSc2nc(C)cc(Oc3ccc4c(c3)OCO4)n2)cc1. The molecule has 4 rings (SSSR count). The number of hydrogen-bond acceptors (Lipinski definition) is 6. The van der Waals surface area contributed by atoms with Gasteiger partial charge in [-0.05, 0) is 31.5 Å². The number of hydrogen-bond donors (Lipinski definition) is 0. The number of aromatic nitrogens is 2. The summed E-state index contributed by atoms with van der Waals surface area (Å²) in [6, 6.07) is 15.8. The molecule has 0 saturated carbocycles. The molecule has 0 unspecified atom stereocenters. The van der Waals surface area contributed by atoms with Crippen molar-refractivity contribution in [3.8, 4) is 23.1 Å². The van der Waals surface area contributed by atoms with E-state index in [9.17, 15) is 0 Å². The smallest absolute Gasteiger partial charge is 0.231 e. The lowest BCUT2D eigenvalue weighted by atomic mass is 10.2. The zero-order valence-electron chi connectivity index (χ0n) is 14.6. The largest absolute Gasteiger partial charge is 0.454 e. The number of aryl methyl sites for hydroxylation is 2. The highest BCUT2D eigenvalue weighted by atomic mass is 32.2. The average molecular weight is 366 g/mol. The molecule has 0 spiro atoms. The van der Waals surface area contributed by atoms with Crippen molar-refractivity contribution in [2.45, 2.75) is 24.8 Å². The van der Waals surface area contributed by atoms with Crippen molar-refractivity contribution < 1.29 is 14.2 Å². The van der Waals surface area contributed by atoms with Gasteiger partial charge in [-0.3, -0.25) is 0 Å². The molecule has 0 atom stereocenters. The van der Waals surface area contributed by atoms with Crippen LogP contribution in [0.25, 0.3) is 0 Å². The highest BCUT2D eigenvalue weighted by Crippen LogP contribution is 2.36. The topological polar surface area (TPSA) is 53.5 Å². The Hall–Kier alpha value is -2.73. The van der Waals surface area contributed by atoms with Gasteiger partial charge in [0, 0.05) is 23.6 Å². The van der Waals surface area contributed by atoms with Gasteiger partial charge in [-0.15, -0.1) is 0 Å². The minimum Gasteiger partial charge on any atom is -0.454 e. The van der Waals surface area contributed by atoms with Gasteiger partial charge >= 0.3 is 0 Å². The monoisotopic (exact) mass is 366 g/mol. The summed E-state index contributed by atoms with van der Waals surface area (Å²) in [5, 5.41) is 0.696. The quantitative estimate of drug-likeness (QED) is 0.472. The van der Waals surface area contributed by atoms with Crippen LogP contribution in [0.3, 0.4) is 0 Å². The summed E-state index contributed by atoms with van der Waals surface area (Å²) in [6.07, 6.45) is 0. The minimum atomic E-state index is 0.241. The summed E-state index contributed by atoms with van der Waals surface area (Å²) in [6.45, 7) is 4.26. The van der Waals surface area contributed by atoms with Gasteiger partial charge in [-0.25, -0.2) is 4.98 Å². The first-order chi connectivity index (χ1) is 12.7. The second kappa shape index (κ2) is 7.25. The lowest BCUT2D eigenvalue weighted by molar-refractivity contribution is 0.174. The molecule has 0 fully saturated rings. The molecule has 0 saturated heterocycles. The van der Waals surface area contributed by atoms with E-state index in [0.29, 0.717) is 22.5 Å². The Labute approximate surface area is 156 Å². The van der Waals surface area contributed by atoms with Gasteiger partial charge in [-0.2, -0.15) is 4.98 Å². The van der Waals surface area contributed by atoms with Crippen LogP contribution in [0.4, 0.5) is 0 Å². The number of fused-ring (bicyclic) bond motifs is 1. The Balaban J connectivity index is 1.48. The van der Waals surface area contributed by atoms with Gasteiger partial charge in [0.2, 0.25) is 12.7 Å². The van der Waals surface area contributed by atoms with Gasteiger partial charge < -0.3 is 14.2 Å². The summed E-state index contributed by atoms with van der Waals surface area (Å²) in [5.41, 5.74) is 3.36. The normalized spacial score (nSPS) is 12.2. The zero-order valence-corrected chi connectivity index (χ0v) is 15.4. The number of nitrogens with zero attached hydrogens (tertiary/aromatic N) is 2. The molecule has 3 aromatic rings. The third-order valence-corrected chi connectivity index (χ3v) is 4.78. The van der Waals surface area contributed by atoms with Crippen molar-refractivity contribution in [2.24, 2.45) is 0 Å². The highest BCUT2D eigenvalue weighted by molar-refractivity contribution is 7.98. The van der Waals surface area contributed by atoms with E-state index in [4.69, 9.17) is 14.2 Å². The fourth-order valence-corrected chi connectivity index (χ4v) is 3.37. The number of benzene rings is 2. The minimum absolute atomic E-state index is 0.241. The molecule has 1 aliphatic heterocycles. The Morgan fingerprint density at radius 2 is 1.77 bits per heavy atom. The van der Waals surface area contributed by atoms with E-state index in [0.717, 1.165) is 17.2 Å². The molecule has 0 radical (unpaired) electrons. The maximum atomic E-state index is 5.89. The molecule has 0 aliphatic carbocycles. The number of thioether (sulfide) groups is 1. The highest BCUT2D eigenvalue weighted by Gasteiger charge is 2.14. The summed E-state index contributed by atoms with van der Waals surface area (Å²) in [5.74, 6) is 3.39. The summed E-state index contributed by atoms with van der Waals surface area (Å²) < 4.78 is 16.6. The van der Waals surface area contributed by atoms with Crippen LogP contribution in [0.15, 0.2) is 53.7 Å². The van der Waals surface area contributed by atoms with E-state index in [1.54, 1.807) is 17.8 Å². The third-order valence-electron chi connectivity index (χ3n) is 3.87. The van der Waals surface area contributed by atoms with Crippen LogP contribution >= 0.6 is 11.8 Å². The predicted octanol–water partition coefficient (Wildman–Crippen LogP) is 4.91. The average Bonchev–Trinajstić information content (AvgIpc) is 3.08. The summed E-state index contributed by atoms with van der Waals surface area (Å²) in [4.78, 5) is 9.01. The van der Waals surface area contributed by atoms with Crippen molar-refractivity contribution in [2.75, 3.05) is 6.79 Å². The first kappa shape index (κ1) is 16.7. The molecule has 0 bridgehead atoms. The van der Waals surface area contributed by atoms with Crippen molar-refractivity contribution >= 4 is 11.8 Å². The van der Waals surface area contributed by atoms with E-state index in [1.165, 1.54) is 11.1 Å². The first-order valence-corrected chi connectivity index (χ1v) is 9.26. The number of rotatable bonds is 5. The molecule has 1 aromatic heterocycles. The zero-order chi connectivity index (χ0) is 17.9. The van der Waals surface area contributed by atoms with Gasteiger partial charge in [0.25, 0.3) is 0 Å². The molecule has 5 nitrogen and oxygen atoms in total. The lowest BCUT2D eigenvalue weighted by Gasteiger charge is -2.08. The summed E-state index contributed by atoms with van der Waals surface area (Å²) >= 11 is 1.59. The summed E-state index contributed by atoms with van der Waals surface area (Å²) in [7, 11) is 0. The predicted molar refractivity (Wildman–Crippen MR) is 100 cm³/mol. The van der Waals surface area contributed by atoms with Crippen LogP contribution in [-0.4, -0.2) is 16.8 Å². The van der Waals surface area contributed by atoms with Gasteiger partial charge in [0.05, 0.1) is 0 Å². The molecule has 132 valence electrons. The van der Waals surface area contributed by atoms with Gasteiger partial charge in [-0.1, -0.05) is 41.6 Å². The van der Waals surface area contributed by atoms with E-state index < -0.39 is 0 Å². The molecule has 26 heavy (non-hydrogen) atoms. The van der Waals surface area contributed by atoms with E-state index in [2.05, 4.69) is 41.2 Å². The van der Waals surface area contributed by atoms with Crippen LogP contribution in [0.2, 0.25) is 0 Å². The molecule has 0 amide bonds. The number of ether oxygens (including phenoxy) is 3. The Kier molecular flexibility index (Phi) is 4.67. The third kappa shape index (κ3) is 3.91. The van der Waals surface area contributed by atoms with Crippen molar-refractivity contribution in [3.63, 3.8) is 0 Å². The van der Waals surface area contributed by atoms with Crippen molar-refractivity contribution in [3.05, 3.63) is 65.4 Å². The van der Waals surface area contributed by atoms with Crippen LogP contribution < -0.4 is 14.2 Å². The van der Waals surface area contributed by atoms with Crippen molar-refractivity contribution in [1.82, 2.24) is 9.97 Å². The van der Waals surface area contributed by atoms with E-state index in [1.807, 2.05) is 25.1 Å². The van der Waals surface area contributed by atoms with Crippen molar-refractivity contribution in [1.29, 1.82) is 0 Å². The van der Waals surface area contributed by atoms with E-state index >= 15 is 0 Å². The van der Waals surface area contributed by atoms with Crippen LogP contribution in [0.1, 0.15) is 16.8 Å². The fraction of sp³-hybridized carbons (Fsp3) is 0.200. The molecular weight excluding hydrogens is 348 g/mol. The molecular formula is C20H18N2O3S. The molecule has 0 N–H and O–H groups in total. The molecule has 2 heterocycles. The van der Waals surface area contributed by atoms with Crippen LogP contribution in [0.5, 0.6) is 23.1 Å². The Morgan fingerprint density at radius 1 is 0.962 bits per heavy atom. The fourth-order valence-electron chi connectivity index (χ4n) is 2.52. The maximum absolute atomic E-state index is 5.89. The van der Waals surface area contributed by atoms with Gasteiger partial charge in [0.1, 0.15) is 5.75 Å². The van der Waals surface area contributed by atoms with Crippen LogP contribution in [-0.2, 0) is 5.75 Å². The van der Waals surface area contributed by atoms with Crippen LogP contribution in [0, 0.1) is 13.8 Å². The Morgan fingerprint density at radius 3 is 2.62 bits per heavy atom. The molecule has 1 aliphatic rings. The Bertz CT molecular complexity index is 929. The molecule has 2 aromatic carbocycles.